The number of fused-ring (bicyclic) bond motifs is 1. The van der Waals surface area contributed by atoms with E-state index in [2.05, 4.69) is 15.1 Å². The zero-order chi connectivity index (χ0) is 28.9. The first kappa shape index (κ1) is 28.0. The number of benzene rings is 2. The molecule has 0 N–H and O–H groups in total. The van der Waals surface area contributed by atoms with Crippen molar-refractivity contribution in [3.8, 4) is 34.3 Å². The number of nitrogens with zero attached hydrogens (tertiary/aromatic N) is 5. The summed E-state index contributed by atoms with van der Waals surface area (Å²) < 4.78 is 21.6. The van der Waals surface area contributed by atoms with E-state index in [1.165, 1.54) is 0 Å². The lowest BCUT2D eigenvalue weighted by Crippen LogP contribution is -2.53. The van der Waals surface area contributed by atoms with Gasteiger partial charge in [0.2, 0.25) is 12.7 Å². The van der Waals surface area contributed by atoms with Crippen molar-refractivity contribution in [2.75, 3.05) is 58.6 Å². The first-order valence-electron chi connectivity index (χ1n) is 13.7. The average Bonchev–Trinajstić information content (AvgIpc) is 3.51. The third-order valence-corrected chi connectivity index (χ3v) is 7.60. The maximum absolute atomic E-state index is 13.4. The molecule has 3 heterocycles. The molecule has 0 saturated carbocycles. The predicted molar refractivity (Wildman–Crippen MR) is 153 cm³/mol. The molecule has 3 aromatic rings. The number of hydrogen-bond acceptors (Lipinski definition) is 9. The lowest BCUT2D eigenvalue weighted by molar-refractivity contribution is -0.132. The zero-order valence-corrected chi connectivity index (χ0v) is 23.8. The van der Waals surface area contributed by atoms with Crippen LogP contribution in [0.5, 0.6) is 23.0 Å². The number of hydrogen-bond donors (Lipinski definition) is 0. The Labute approximate surface area is 239 Å². The third-order valence-electron chi connectivity index (χ3n) is 7.60. The number of carbonyl (C=O) groups is 2. The van der Waals surface area contributed by atoms with Crippen molar-refractivity contribution in [3.05, 3.63) is 54.1 Å². The molecule has 2 aliphatic rings. The third kappa shape index (κ3) is 5.98. The molecule has 0 aliphatic carbocycles. The molecule has 1 aromatic heterocycles. The molecule has 216 valence electrons. The number of aromatic nitrogens is 2. The van der Waals surface area contributed by atoms with Gasteiger partial charge in [0.25, 0.3) is 5.91 Å². The highest BCUT2D eigenvalue weighted by atomic mass is 16.7. The molecule has 1 saturated heterocycles. The van der Waals surface area contributed by atoms with E-state index in [9.17, 15) is 9.59 Å². The molecule has 2 amide bonds. The van der Waals surface area contributed by atoms with Gasteiger partial charge in [-0.3, -0.25) is 9.59 Å². The van der Waals surface area contributed by atoms with Crippen LogP contribution in [0.15, 0.2) is 48.5 Å². The second-order valence-corrected chi connectivity index (χ2v) is 9.97. The standard InChI is InChI=1S/C30H35N5O6/c1-5-20(2)35(30(37)21-6-10-25-27(16-21)41-19-40-25)18-29(36)34-14-12-33(13-15-34)28-11-9-24(31-32-28)23-8-7-22(38-3)17-26(23)39-4/h6-11,16-17,20H,5,12-15,18-19H2,1-4H3. The minimum absolute atomic E-state index is 0.0144. The number of amides is 2. The summed E-state index contributed by atoms with van der Waals surface area (Å²) in [6.07, 6.45) is 0.731. The van der Waals surface area contributed by atoms with E-state index in [1.807, 2.05) is 49.1 Å². The number of carbonyl (C=O) groups excluding carboxylic acids is 2. The van der Waals surface area contributed by atoms with Crippen LogP contribution in [0.4, 0.5) is 5.82 Å². The predicted octanol–water partition coefficient (Wildman–Crippen LogP) is 3.48. The van der Waals surface area contributed by atoms with Crippen LogP contribution in [0.2, 0.25) is 0 Å². The van der Waals surface area contributed by atoms with E-state index in [0.717, 1.165) is 17.8 Å². The first-order chi connectivity index (χ1) is 19.9. The summed E-state index contributed by atoms with van der Waals surface area (Å²) in [6, 6.07) is 14.4. The molecule has 1 fully saturated rings. The summed E-state index contributed by atoms with van der Waals surface area (Å²) in [4.78, 5) is 32.3. The van der Waals surface area contributed by atoms with Gasteiger partial charge >= 0.3 is 0 Å². The van der Waals surface area contributed by atoms with E-state index in [-0.39, 0.29) is 31.2 Å². The Balaban J connectivity index is 1.20. The van der Waals surface area contributed by atoms with Crippen LogP contribution in [-0.2, 0) is 4.79 Å². The average molecular weight is 562 g/mol. The van der Waals surface area contributed by atoms with Crippen LogP contribution in [-0.4, -0.2) is 91.6 Å². The lowest BCUT2D eigenvalue weighted by atomic mass is 10.1. The Morgan fingerprint density at radius 1 is 0.951 bits per heavy atom. The fourth-order valence-corrected chi connectivity index (χ4v) is 4.92. The molecule has 2 aromatic carbocycles. The SMILES string of the molecule is CCC(C)N(CC(=O)N1CCN(c2ccc(-c3ccc(OC)cc3OC)nn2)CC1)C(=O)c1ccc2c(c1)OCO2. The molecule has 11 heteroatoms. The maximum Gasteiger partial charge on any atom is 0.254 e. The number of ether oxygens (including phenoxy) is 4. The molecule has 2 aliphatic heterocycles. The van der Waals surface area contributed by atoms with Crippen molar-refractivity contribution < 1.29 is 28.5 Å². The maximum atomic E-state index is 13.4. The molecular weight excluding hydrogens is 526 g/mol. The normalized spacial score (nSPS) is 14.9. The fourth-order valence-electron chi connectivity index (χ4n) is 4.92. The van der Waals surface area contributed by atoms with Crippen LogP contribution in [0, 0.1) is 0 Å². The molecule has 11 nitrogen and oxygen atoms in total. The van der Waals surface area contributed by atoms with Gasteiger partial charge in [-0.05, 0) is 55.8 Å². The van der Waals surface area contributed by atoms with E-state index in [4.69, 9.17) is 18.9 Å². The van der Waals surface area contributed by atoms with Crippen LogP contribution < -0.4 is 23.8 Å². The summed E-state index contributed by atoms with van der Waals surface area (Å²) in [5.74, 6) is 2.98. The van der Waals surface area contributed by atoms with Crippen LogP contribution >= 0.6 is 0 Å². The van der Waals surface area contributed by atoms with Gasteiger partial charge in [0.1, 0.15) is 18.0 Å². The Morgan fingerprint density at radius 3 is 2.41 bits per heavy atom. The monoisotopic (exact) mass is 561 g/mol. The van der Waals surface area contributed by atoms with Gasteiger partial charge < -0.3 is 33.6 Å². The van der Waals surface area contributed by atoms with E-state index >= 15 is 0 Å². The molecular formula is C30H35N5O6. The summed E-state index contributed by atoms with van der Waals surface area (Å²) in [5.41, 5.74) is 1.99. The Kier molecular flexibility index (Phi) is 8.42. The summed E-state index contributed by atoms with van der Waals surface area (Å²) in [5, 5.41) is 8.87. The van der Waals surface area contributed by atoms with Crippen molar-refractivity contribution in [1.82, 2.24) is 20.0 Å². The number of methoxy groups -OCH3 is 2. The second-order valence-electron chi connectivity index (χ2n) is 9.97. The van der Waals surface area contributed by atoms with Gasteiger partial charge in [0, 0.05) is 49.4 Å². The quantitative estimate of drug-likeness (QED) is 0.388. The smallest absolute Gasteiger partial charge is 0.254 e. The molecule has 0 bridgehead atoms. The Morgan fingerprint density at radius 2 is 1.73 bits per heavy atom. The van der Waals surface area contributed by atoms with Crippen LogP contribution in [0.3, 0.4) is 0 Å². The van der Waals surface area contributed by atoms with Crippen molar-refractivity contribution in [2.45, 2.75) is 26.3 Å². The van der Waals surface area contributed by atoms with Gasteiger partial charge in [-0.15, -0.1) is 10.2 Å². The van der Waals surface area contributed by atoms with Crippen LogP contribution in [0.1, 0.15) is 30.6 Å². The highest BCUT2D eigenvalue weighted by Crippen LogP contribution is 2.34. The van der Waals surface area contributed by atoms with E-state index in [1.54, 1.807) is 37.3 Å². The molecule has 1 unspecified atom stereocenters. The first-order valence-corrected chi connectivity index (χ1v) is 13.7. The van der Waals surface area contributed by atoms with Gasteiger partial charge in [-0.1, -0.05) is 6.92 Å². The largest absolute Gasteiger partial charge is 0.497 e. The van der Waals surface area contributed by atoms with Gasteiger partial charge in [0.15, 0.2) is 17.3 Å². The Bertz CT molecular complexity index is 1390. The van der Waals surface area contributed by atoms with Crippen molar-refractivity contribution in [2.24, 2.45) is 0 Å². The molecule has 0 radical (unpaired) electrons. The van der Waals surface area contributed by atoms with Gasteiger partial charge in [-0.2, -0.15) is 0 Å². The molecule has 1 atom stereocenters. The summed E-state index contributed by atoms with van der Waals surface area (Å²) in [6.45, 7) is 6.41. The van der Waals surface area contributed by atoms with Crippen molar-refractivity contribution in [1.29, 1.82) is 0 Å². The number of anilines is 1. The number of piperazine rings is 1. The van der Waals surface area contributed by atoms with Crippen LogP contribution in [0.25, 0.3) is 11.3 Å². The highest BCUT2D eigenvalue weighted by Gasteiger charge is 2.29. The topological polar surface area (TPSA) is 107 Å². The van der Waals surface area contributed by atoms with Crippen molar-refractivity contribution in [3.63, 3.8) is 0 Å². The lowest BCUT2D eigenvalue weighted by Gasteiger charge is -2.37. The fraction of sp³-hybridized carbons (Fsp3) is 0.400. The molecule has 41 heavy (non-hydrogen) atoms. The zero-order valence-electron chi connectivity index (χ0n) is 23.8. The van der Waals surface area contributed by atoms with E-state index < -0.39 is 0 Å². The van der Waals surface area contributed by atoms with Crippen molar-refractivity contribution >= 4 is 17.6 Å². The minimum atomic E-state index is -0.200. The minimum Gasteiger partial charge on any atom is -0.497 e. The van der Waals surface area contributed by atoms with E-state index in [0.29, 0.717) is 60.4 Å². The highest BCUT2D eigenvalue weighted by molar-refractivity contribution is 5.97. The van der Waals surface area contributed by atoms with Gasteiger partial charge in [0.05, 0.1) is 19.9 Å². The number of rotatable bonds is 9. The molecule has 5 rings (SSSR count). The Hall–Kier alpha value is -4.54. The second kappa shape index (κ2) is 12.3. The summed E-state index contributed by atoms with van der Waals surface area (Å²) in [7, 11) is 3.22. The molecule has 0 spiro atoms. The summed E-state index contributed by atoms with van der Waals surface area (Å²) >= 11 is 0. The van der Waals surface area contributed by atoms with Gasteiger partial charge in [-0.25, -0.2) is 0 Å².